The lowest BCUT2D eigenvalue weighted by Crippen LogP contribution is -2.55. The van der Waals surface area contributed by atoms with Crippen molar-refractivity contribution in [2.24, 2.45) is 0 Å². The molecule has 0 fully saturated rings. The summed E-state index contributed by atoms with van der Waals surface area (Å²) in [6.07, 6.45) is 2.00. The molecule has 22 heavy (non-hydrogen) atoms. The minimum Gasteiger partial charge on any atom is -0.479 e. The van der Waals surface area contributed by atoms with Gasteiger partial charge in [0.15, 0.2) is 0 Å². The van der Waals surface area contributed by atoms with Gasteiger partial charge in [0.1, 0.15) is 11.2 Å². The van der Waals surface area contributed by atoms with Crippen LogP contribution in [0.5, 0.6) is 0 Å². The Labute approximate surface area is 132 Å². The summed E-state index contributed by atoms with van der Waals surface area (Å²) in [6.45, 7) is 0. The fraction of sp³-hybridized carbons (Fsp3) is 0.188. The number of rotatable bonds is 3. The first kappa shape index (κ1) is 14.6. The molecule has 0 saturated heterocycles. The summed E-state index contributed by atoms with van der Waals surface area (Å²) in [5.41, 5.74) is 0.676. The molecule has 3 rings (SSSR count). The minimum atomic E-state index is -1.33. The molecule has 0 atom stereocenters. The van der Waals surface area contributed by atoms with Crippen molar-refractivity contribution in [1.82, 2.24) is 10.3 Å². The standard InChI is InChI=1S/C16H14N2O3S/c19-14(13-12(22)6-3-7-17-13)18-16(15(20)21)8-10-4-1-2-5-11(10)9-16/h1-7,22H,8-9H2,(H,18,19)(H,20,21). The maximum Gasteiger partial charge on any atom is 0.330 e. The van der Waals surface area contributed by atoms with Gasteiger partial charge in [0.25, 0.3) is 5.91 Å². The highest BCUT2D eigenvalue weighted by atomic mass is 32.1. The lowest BCUT2D eigenvalue weighted by molar-refractivity contribution is -0.144. The number of fused-ring (bicyclic) bond motifs is 1. The van der Waals surface area contributed by atoms with Gasteiger partial charge in [-0.15, -0.1) is 12.6 Å². The van der Waals surface area contributed by atoms with Gasteiger partial charge in [0, 0.05) is 23.9 Å². The highest BCUT2D eigenvalue weighted by molar-refractivity contribution is 7.80. The average molecular weight is 314 g/mol. The second kappa shape index (κ2) is 5.46. The Bertz CT molecular complexity index is 736. The Balaban J connectivity index is 1.90. The van der Waals surface area contributed by atoms with Crippen molar-refractivity contribution >= 4 is 24.5 Å². The summed E-state index contributed by atoms with van der Waals surface area (Å²) in [5.74, 6) is -1.57. The van der Waals surface area contributed by atoms with Crippen LogP contribution in [0.25, 0.3) is 0 Å². The van der Waals surface area contributed by atoms with Gasteiger partial charge in [-0.05, 0) is 23.3 Å². The third-order valence-corrected chi connectivity index (χ3v) is 4.23. The van der Waals surface area contributed by atoms with Gasteiger partial charge in [-0.2, -0.15) is 0 Å². The van der Waals surface area contributed by atoms with Crippen LogP contribution in [0.15, 0.2) is 47.5 Å². The van der Waals surface area contributed by atoms with Crippen LogP contribution in [0.1, 0.15) is 21.6 Å². The van der Waals surface area contributed by atoms with Gasteiger partial charge >= 0.3 is 5.97 Å². The number of benzene rings is 1. The van der Waals surface area contributed by atoms with Gasteiger partial charge in [0.05, 0.1) is 0 Å². The van der Waals surface area contributed by atoms with Crippen molar-refractivity contribution in [2.75, 3.05) is 0 Å². The number of carbonyl (C=O) groups is 2. The molecule has 5 nitrogen and oxygen atoms in total. The lowest BCUT2D eigenvalue weighted by atomic mass is 9.95. The second-order valence-corrected chi connectivity index (χ2v) is 5.82. The number of nitrogens with one attached hydrogen (secondary N) is 1. The Kier molecular flexibility index (Phi) is 3.62. The molecule has 1 aromatic carbocycles. The van der Waals surface area contributed by atoms with Crippen LogP contribution in [0.2, 0.25) is 0 Å². The topological polar surface area (TPSA) is 79.3 Å². The molecule has 0 bridgehead atoms. The number of thiol groups is 1. The summed E-state index contributed by atoms with van der Waals surface area (Å²) in [7, 11) is 0. The van der Waals surface area contributed by atoms with E-state index in [0.29, 0.717) is 4.90 Å². The van der Waals surface area contributed by atoms with Gasteiger partial charge in [0.2, 0.25) is 0 Å². The number of amides is 1. The molecule has 0 unspecified atom stereocenters. The Morgan fingerprint density at radius 2 is 1.77 bits per heavy atom. The minimum absolute atomic E-state index is 0.127. The van der Waals surface area contributed by atoms with Crippen LogP contribution in [-0.4, -0.2) is 27.5 Å². The first-order valence-electron chi connectivity index (χ1n) is 6.78. The van der Waals surface area contributed by atoms with E-state index in [2.05, 4.69) is 22.9 Å². The van der Waals surface area contributed by atoms with Crippen molar-refractivity contribution in [1.29, 1.82) is 0 Å². The lowest BCUT2D eigenvalue weighted by Gasteiger charge is -2.25. The molecule has 1 heterocycles. The van der Waals surface area contributed by atoms with Crippen LogP contribution >= 0.6 is 12.6 Å². The van der Waals surface area contributed by atoms with E-state index in [0.717, 1.165) is 11.1 Å². The summed E-state index contributed by atoms with van der Waals surface area (Å²) >= 11 is 4.19. The highest BCUT2D eigenvalue weighted by Gasteiger charge is 2.45. The SMILES string of the molecule is O=C(NC1(C(=O)O)Cc2ccccc2C1)c1ncccc1S. The van der Waals surface area contributed by atoms with Crippen molar-refractivity contribution in [3.63, 3.8) is 0 Å². The van der Waals surface area contributed by atoms with E-state index in [9.17, 15) is 14.7 Å². The quantitative estimate of drug-likeness (QED) is 0.754. The Hall–Kier alpha value is -2.34. The predicted octanol–water partition coefficient (Wildman–Crippen LogP) is 1.72. The van der Waals surface area contributed by atoms with E-state index in [1.165, 1.54) is 6.20 Å². The Morgan fingerprint density at radius 1 is 1.14 bits per heavy atom. The molecule has 1 aliphatic rings. The van der Waals surface area contributed by atoms with Crippen LogP contribution in [0, 0.1) is 0 Å². The molecule has 1 amide bonds. The molecule has 1 aliphatic carbocycles. The van der Waals surface area contributed by atoms with Gasteiger partial charge < -0.3 is 10.4 Å². The zero-order chi connectivity index (χ0) is 15.7. The van der Waals surface area contributed by atoms with Gasteiger partial charge in [-0.1, -0.05) is 24.3 Å². The van der Waals surface area contributed by atoms with Crippen molar-refractivity contribution < 1.29 is 14.7 Å². The molecule has 0 aliphatic heterocycles. The van der Waals surface area contributed by atoms with Gasteiger partial charge in [-0.3, -0.25) is 4.79 Å². The highest BCUT2D eigenvalue weighted by Crippen LogP contribution is 2.30. The molecular weight excluding hydrogens is 300 g/mol. The molecule has 0 radical (unpaired) electrons. The smallest absolute Gasteiger partial charge is 0.330 e. The number of aliphatic carboxylic acids is 1. The Morgan fingerprint density at radius 3 is 2.32 bits per heavy atom. The number of hydrogen-bond acceptors (Lipinski definition) is 4. The van der Waals surface area contributed by atoms with E-state index in [1.807, 2.05) is 24.3 Å². The number of carboxylic acids is 1. The molecule has 0 spiro atoms. The number of hydrogen-bond donors (Lipinski definition) is 3. The monoisotopic (exact) mass is 314 g/mol. The van der Waals surface area contributed by atoms with Crippen molar-refractivity contribution in [3.8, 4) is 0 Å². The summed E-state index contributed by atoms with van der Waals surface area (Å²) in [5, 5.41) is 12.3. The third kappa shape index (κ3) is 2.46. The molecular formula is C16H14N2O3S. The number of carboxylic acid groups (broad SMARTS) is 1. The largest absolute Gasteiger partial charge is 0.479 e. The van der Waals surface area contributed by atoms with Crippen molar-refractivity contribution in [3.05, 3.63) is 59.4 Å². The molecule has 6 heteroatoms. The fourth-order valence-electron chi connectivity index (χ4n) is 2.76. The number of nitrogens with zero attached hydrogens (tertiary/aromatic N) is 1. The molecule has 0 saturated carbocycles. The number of aromatic nitrogens is 1. The van der Waals surface area contributed by atoms with Crippen LogP contribution in [0.3, 0.4) is 0 Å². The van der Waals surface area contributed by atoms with E-state index >= 15 is 0 Å². The van der Waals surface area contributed by atoms with Gasteiger partial charge in [-0.25, -0.2) is 9.78 Å². The fourth-order valence-corrected chi connectivity index (χ4v) is 3.00. The van der Waals surface area contributed by atoms with E-state index in [4.69, 9.17) is 0 Å². The molecule has 2 aromatic rings. The maximum absolute atomic E-state index is 12.4. The van der Waals surface area contributed by atoms with E-state index in [1.54, 1.807) is 12.1 Å². The first-order valence-corrected chi connectivity index (χ1v) is 7.23. The average Bonchev–Trinajstić information content (AvgIpc) is 2.87. The van der Waals surface area contributed by atoms with Crippen LogP contribution in [0.4, 0.5) is 0 Å². The summed E-state index contributed by atoms with van der Waals surface area (Å²) in [6, 6.07) is 10.8. The predicted molar refractivity (Wildman–Crippen MR) is 83.2 cm³/mol. The van der Waals surface area contributed by atoms with Crippen LogP contribution < -0.4 is 5.32 Å². The maximum atomic E-state index is 12.4. The summed E-state index contributed by atoms with van der Waals surface area (Å²) < 4.78 is 0. The normalized spacial score (nSPS) is 15.1. The second-order valence-electron chi connectivity index (χ2n) is 5.33. The first-order chi connectivity index (χ1) is 10.5. The molecule has 2 N–H and O–H groups in total. The summed E-state index contributed by atoms with van der Waals surface area (Å²) in [4.78, 5) is 28.6. The number of carbonyl (C=O) groups excluding carboxylic acids is 1. The van der Waals surface area contributed by atoms with E-state index in [-0.39, 0.29) is 18.5 Å². The zero-order valence-corrected chi connectivity index (χ0v) is 12.5. The molecule has 112 valence electrons. The third-order valence-electron chi connectivity index (χ3n) is 3.87. The molecule has 1 aromatic heterocycles. The zero-order valence-electron chi connectivity index (χ0n) is 11.6. The van der Waals surface area contributed by atoms with Crippen LogP contribution in [-0.2, 0) is 17.6 Å². The van der Waals surface area contributed by atoms with E-state index < -0.39 is 17.4 Å². The number of pyridine rings is 1. The van der Waals surface area contributed by atoms with Crippen molar-refractivity contribution in [2.45, 2.75) is 23.3 Å².